The number of hydrogen-bond acceptors (Lipinski definition) is 3. The van der Waals surface area contributed by atoms with Crippen LogP contribution >= 0.6 is 0 Å². The van der Waals surface area contributed by atoms with Gasteiger partial charge in [-0.25, -0.2) is 0 Å². The Morgan fingerprint density at radius 3 is 2.83 bits per heavy atom. The summed E-state index contributed by atoms with van der Waals surface area (Å²) in [5.74, 6) is 0.893. The van der Waals surface area contributed by atoms with Crippen LogP contribution in [0.15, 0.2) is 24.5 Å². The van der Waals surface area contributed by atoms with E-state index in [1.165, 1.54) is 0 Å². The molecule has 0 saturated heterocycles. The minimum atomic E-state index is -0.0346. The second-order valence-electron chi connectivity index (χ2n) is 6.83. The fourth-order valence-electron chi connectivity index (χ4n) is 2.95. The molecule has 2 aromatic heterocycles. The molecule has 1 fully saturated rings. The van der Waals surface area contributed by atoms with Gasteiger partial charge in [-0.05, 0) is 43.7 Å². The lowest BCUT2D eigenvalue weighted by atomic mass is 9.97. The molecule has 1 saturated carbocycles. The van der Waals surface area contributed by atoms with Crippen LogP contribution in [-0.4, -0.2) is 21.1 Å². The van der Waals surface area contributed by atoms with E-state index in [0.29, 0.717) is 11.8 Å². The summed E-state index contributed by atoms with van der Waals surface area (Å²) in [5.41, 5.74) is 3.54. The Balaban J connectivity index is 1.82. The zero-order chi connectivity index (χ0) is 16.4. The van der Waals surface area contributed by atoms with Gasteiger partial charge in [0.05, 0.1) is 17.3 Å². The Hall–Kier alpha value is -2.17. The number of nitrogens with zero attached hydrogens (tertiary/aromatic N) is 2. The van der Waals surface area contributed by atoms with Gasteiger partial charge in [0.1, 0.15) is 0 Å². The molecule has 0 aliphatic heterocycles. The molecule has 23 heavy (non-hydrogen) atoms. The smallest absolute Gasteiger partial charge is 0.255 e. The average Bonchev–Trinajstić information content (AvgIpc) is 3.29. The quantitative estimate of drug-likeness (QED) is 0.857. The molecule has 1 unspecified atom stereocenters. The second kappa shape index (κ2) is 6.52. The molecule has 1 amide bonds. The number of pyridine rings is 1. The summed E-state index contributed by atoms with van der Waals surface area (Å²) in [6, 6.07) is 3.90. The van der Waals surface area contributed by atoms with Crippen LogP contribution in [0.4, 0.5) is 0 Å². The highest BCUT2D eigenvalue weighted by Gasteiger charge is 2.32. The standard InChI is InChI=1S/C18H24N4O/c1-11(2)9-15(14-5-4-8-19-10-14)20-18(23)16-12(3)21-22-17(16)13-6-7-13/h4-5,8,10-11,13,15H,6-7,9H2,1-3H3,(H,20,23)(H,21,22). The highest BCUT2D eigenvalue weighted by Crippen LogP contribution is 2.41. The van der Waals surface area contributed by atoms with E-state index in [9.17, 15) is 4.79 Å². The van der Waals surface area contributed by atoms with Crippen LogP contribution < -0.4 is 5.32 Å². The Morgan fingerprint density at radius 1 is 1.43 bits per heavy atom. The van der Waals surface area contributed by atoms with Gasteiger partial charge in [-0.1, -0.05) is 19.9 Å². The number of carbonyl (C=O) groups is 1. The number of amides is 1. The third kappa shape index (κ3) is 3.60. The first-order chi connectivity index (χ1) is 11.1. The molecular weight excluding hydrogens is 288 g/mol. The molecule has 0 aromatic carbocycles. The van der Waals surface area contributed by atoms with Gasteiger partial charge in [-0.2, -0.15) is 5.10 Å². The number of hydrogen-bond donors (Lipinski definition) is 2. The Bertz CT molecular complexity index is 674. The summed E-state index contributed by atoms with van der Waals surface area (Å²) >= 11 is 0. The van der Waals surface area contributed by atoms with Crippen molar-refractivity contribution in [1.82, 2.24) is 20.5 Å². The summed E-state index contributed by atoms with van der Waals surface area (Å²) < 4.78 is 0. The Morgan fingerprint density at radius 2 is 2.22 bits per heavy atom. The van der Waals surface area contributed by atoms with Crippen molar-refractivity contribution in [2.45, 2.75) is 52.0 Å². The molecule has 5 heteroatoms. The molecule has 2 N–H and O–H groups in total. The van der Waals surface area contributed by atoms with E-state index >= 15 is 0 Å². The van der Waals surface area contributed by atoms with Crippen LogP contribution in [0.25, 0.3) is 0 Å². The molecular formula is C18H24N4O. The first-order valence-corrected chi connectivity index (χ1v) is 8.32. The predicted molar refractivity (Wildman–Crippen MR) is 89.2 cm³/mol. The fourth-order valence-corrected chi connectivity index (χ4v) is 2.95. The van der Waals surface area contributed by atoms with E-state index in [4.69, 9.17) is 0 Å². The molecule has 0 spiro atoms. The van der Waals surface area contributed by atoms with Crippen LogP contribution in [0.3, 0.4) is 0 Å². The van der Waals surface area contributed by atoms with Gasteiger partial charge in [-0.3, -0.25) is 14.9 Å². The molecule has 5 nitrogen and oxygen atoms in total. The maximum Gasteiger partial charge on any atom is 0.255 e. The maximum atomic E-state index is 12.9. The minimum Gasteiger partial charge on any atom is -0.345 e. The lowest BCUT2D eigenvalue weighted by molar-refractivity contribution is 0.0930. The highest BCUT2D eigenvalue weighted by molar-refractivity contribution is 5.97. The van der Waals surface area contributed by atoms with Gasteiger partial charge in [0.15, 0.2) is 0 Å². The number of H-pyrrole nitrogens is 1. The van der Waals surface area contributed by atoms with Crippen molar-refractivity contribution in [3.05, 3.63) is 47.0 Å². The van der Waals surface area contributed by atoms with E-state index in [2.05, 4.69) is 34.3 Å². The lowest BCUT2D eigenvalue weighted by Crippen LogP contribution is -2.30. The molecule has 0 bridgehead atoms. The van der Waals surface area contributed by atoms with Crippen LogP contribution in [0, 0.1) is 12.8 Å². The van der Waals surface area contributed by atoms with E-state index in [1.807, 2.05) is 25.3 Å². The summed E-state index contributed by atoms with van der Waals surface area (Å²) in [5, 5.41) is 10.5. The summed E-state index contributed by atoms with van der Waals surface area (Å²) in [4.78, 5) is 17.0. The van der Waals surface area contributed by atoms with Crippen molar-refractivity contribution < 1.29 is 4.79 Å². The first-order valence-electron chi connectivity index (χ1n) is 8.32. The van der Waals surface area contributed by atoms with Gasteiger partial charge in [-0.15, -0.1) is 0 Å². The van der Waals surface area contributed by atoms with Crippen molar-refractivity contribution >= 4 is 5.91 Å². The molecule has 2 heterocycles. The predicted octanol–water partition coefficient (Wildman–Crippen LogP) is 3.51. The van der Waals surface area contributed by atoms with E-state index in [0.717, 1.165) is 41.8 Å². The first kappa shape index (κ1) is 15.7. The van der Waals surface area contributed by atoms with E-state index in [-0.39, 0.29) is 11.9 Å². The monoisotopic (exact) mass is 312 g/mol. The number of aromatic amines is 1. The van der Waals surface area contributed by atoms with E-state index in [1.54, 1.807) is 6.20 Å². The molecule has 0 radical (unpaired) electrons. The number of carbonyl (C=O) groups excluding carboxylic acids is 1. The van der Waals surface area contributed by atoms with Crippen molar-refractivity contribution in [1.29, 1.82) is 0 Å². The number of nitrogens with one attached hydrogen (secondary N) is 2. The van der Waals surface area contributed by atoms with Gasteiger partial charge in [0.25, 0.3) is 5.91 Å². The average molecular weight is 312 g/mol. The number of aryl methyl sites for hydroxylation is 1. The molecule has 122 valence electrons. The summed E-state index contributed by atoms with van der Waals surface area (Å²) in [7, 11) is 0. The third-order valence-corrected chi connectivity index (χ3v) is 4.27. The highest BCUT2D eigenvalue weighted by atomic mass is 16.1. The zero-order valence-electron chi connectivity index (χ0n) is 14.0. The molecule has 3 rings (SSSR count). The lowest BCUT2D eigenvalue weighted by Gasteiger charge is -2.21. The molecule has 1 atom stereocenters. The Kier molecular flexibility index (Phi) is 4.46. The van der Waals surface area contributed by atoms with Crippen molar-refractivity contribution in [3.8, 4) is 0 Å². The molecule has 2 aromatic rings. The summed E-state index contributed by atoms with van der Waals surface area (Å²) in [6.07, 6.45) is 6.72. The SMILES string of the molecule is Cc1[nH]nc(C2CC2)c1C(=O)NC(CC(C)C)c1cccnc1. The topological polar surface area (TPSA) is 70.7 Å². The number of rotatable bonds is 6. The largest absolute Gasteiger partial charge is 0.345 e. The van der Waals surface area contributed by atoms with Crippen molar-refractivity contribution in [2.24, 2.45) is 5.92 Å². The van der Waals surface area contributed by atoms with Gasteiger partial charge in [0, 0.05) is 24.0 Å². The number of aromatic nitrogens is 3. The van der Waals surface area contributed by atoms with Gasteiger partial charge >= 0.3 is 0 Å². The maximum absolute atomic E-state index is 12.9. The zero-order valence-corrected chi connectivity index (χ0v) is 14.0. The summed E-state index contributed by atoms with van der Waals surface area (Å²) in [6.45, 7) is 6.23. The molecule has 1 aliphatic carbocycles. The van der Waals surface area contributed by atoms with Crippen LogP contribution in [0.2, 0.25) is 0 Å². The normalized spacial score (nSPS) is 15.7. The second-order valence-corrected chi connectivity index (χ2v) is 6.83. The third-order valence-electron chi connectivity index (χ3n) is 4.27. The Labute approximate surface area is 136 Å². The van der Waals surface area contributed by atoms with Crippen molar-refractivity contribution in [2.75, 3.05) is 0 Å². The van der Waals surface area contributed by atoms with Gasteiger partial charge < -0.3 is 5.32 Å². The van der Waals surface area contributed by atoms with Gasteiger partial charge in [0.2, 0.25) is 0 Å². The van der Waals surface area contributed by atoms with Crippen molar-refractivity contribution in [3.63, 3.8) is 0 Å². The minimum absolute atomic E-state index is 0.0300. The van der Waals surface area contributed by atoms with Crippen LogP contribution in [-0.2, 0) is 0 Å². The van der Waals surface area contributed by atoms with Crippen LogP contribution in [0.1, 0.15) is 72.4 Å². The fraction of sp³-hybridized carbons (Fsp3) is 0.500. The van der Waals surface area contributed by atoms with E-state index < -0.39 is 0 Å². The molecule has 1 aliphatic rings. The van der Waals surface area contributed by atoms with Crippen LogP contribution in [0.5, 0.6) is 0 Å².